The highest BCUT2D eigenvalue weighted by molar-refractivity contribution is 5.59. The molecule has 0 aliphatic heterocycles. The van der Waals surface area contributed by atoms with E-state index in [9.17, 15) is 4.39 Å². The number of nitrogens with zero attached hydrogens (tertiary/aromatic N) is 2. The second-order valence-corrected chi connectivity index (χ2v) is 4.19. The molecule has 0 radical (unpaired) electrons. The fraction of sp³-hybridized carbons (Fsp3) is 0.231. The van der Waals surface area contributed by atoms with E-state index in [0.29, 0.717) is 12.0 Å². The minimum absolute atomic E-state index is 0.252. The zero-order valence-electron chi connectivity index (χ0n) is 9.23. The molecule has 1 aromatic heterocycles. The fourth-order valence-electron chi connectivity index (χ4n) is 1.65. The molecule has 1 saturated carbocycles. The topological polar surface area (TPSA) is 37.8 Å². The summed E-state index contributed by atoms with van der Waals surface area (Å²) in [5.41, 5.74) is 1.51. The minimum Gasteiger partial charge on any atom is -0.351 e. The smallest absolute Gasteiger partial charge is 0.223 e. The van der Waals surface area contributed by atoms with Gasteiger partial charge in [0.05, 0.1) is 5.69 Å². The zero-order chi connectivity index (χ0) is 11.7. The first-order valence-electron chi connectivity index (χ1n) is 5.67. The van der Waals surface area contributed by atoms with Crippen LogP contribution in [0.5, 0.6) is 0 Å². The summed E-state index contributed by atoms with van der Waals surface area (Å²) in [6.45, 7) is 0. The van der Waals surface area contributed by atoms with Gasteiger partial charge in [-0.25, -0.2) is 14.4 Å². The molecule has 1 aliphatic rings. The van der Waals surface area contributed by atoms with E-state index < -0.39 is 0 Å². The van der Waals surface area contributed by atoms with Crippen LogP contribution in [0.3, 0.4) is 0 Å². The first-order valence-corrected chi connectivity index (χ1v) is 5.67. The normalized spacial score (nSPS) is 14.6. The number of halogens is 1. The van der Waals surface area contributed by atoms with Crippen molar-refractivity contribution in [1.82, 2.24) is 9.97 Å². The monoisotopic (exact) mass is 229 g/mol. The number of hydrogen-bond acceptors (Lipinski definition) is 3. The Bertz CT molecular complexity index is 538. The van der Waals surface area contributed by atoms with E-state index in [1.54, 1.807) is 18.3 Å². The van der Waals surface area contributed by atoms with Crippen LogP contribution in [0, 0.1) is 5.82 Å². The number of aromatic nitrogens is 2. The van der Waals surface area contributed by atoms with Crippen LogP contribution in [0.4, 0.5) is 10.3 Å². The molecule has 4 heteroatoms. The molecular weight excluding hydrogens is 217 g/mol. The highest BCUT2D eigenvalue weighted by Gasteiger charge is 2.21. The van der Waals surface area contributed by atoms with Crippen molar-refractivity contribution in [2.75, 3.05) is 5.32 Å². The maximum atomic E-state index is 13.1. The summed E-state index contributed by atoms with van der Waals surface area (Å²) in [7, 11) is 0. The van der Waals surface area contributed by atoms with Crippen molar-refractivity contribution in [1.29, 1.82) is 0 Å². The van der Waals surface area contributed by atoms with E-state index in [2.05, 4.69) is 15.3 Å². The maximum Gasteiger partial charge on any atom is 0.223 e. The van der Waals surface area contributed by atoms with Crippen LogP contribution >= 0.6 is 0 Å². The van der Waals surface area contributed by atoms with Crippen molar-refractivity contribution in [2.45, 2.75) is 18.9 Å². The molecule has 3 nitrogen and oxygen atoms in total. The highest BCUT2D eigenvalue weighted by atomic mass is 19.1. The zero-order valence-corrected chi connectivity index (χ0v) is 9.23. The Morgan fingerprint density at radius 1 is 1.24 bits per heavy atom. The summed E-state index contributed by atoms with van der Waals surface area (Å²) in [5, 5.41) is 3.22. The summed E-state index contributed by atoms with van der Waals surface area (Å²) in [5.74, 6) is 0.368. The van der Waals surface area contributed by atoms with Gasteiger partial charge in [-0.2, -0.15) is 0 Å². The molecule has 1 N–H and O–H groups in total. The fourth-order valence-corrected chi connectivity index (χ4v) is 1.65. The third-order valence-corrected chi connectivity index (χ3v) is 2.69. The van der Waals surface area contributed by atoms with Gasteiger partial charge in [0.25, 0.3) is 0 Å². The Labute approximate surface area is 98.7 Å². The van der Waals surface area contributed by atoms with E-state index in [-0.39, 0.29) is 5.82 Å². The average molecular weight is 229 g/mol. The Kier molecular flexibility index (Phi) is 2.48. The van der Waals surface area contributed by atoms with E-state index >= 15 is 0 Å². The molecular formula is C13H12FN3. The van der Waals surface area contributed by atoms with Gasteiger partial charge in [0.2, 0.25) is 5.95 Å². The number of rotatable bonds is 3. The standard InChI is InChI=1S/C13H12FN3/c14-10-3-1-2-9(8-10)12-6-7-15-13(17-12)16-11-4-5-11/h1-3,6-8,11H,4-5H2,(H,15,16,17). The highest BCUT2D eigenvalue weighted by Crippen LogP contribution is 2.24. The van der Waals surface area contributed by atoms with Gasteiger partial charge in [-0.05, 0) is 31.0 Å². The third kappa shape index (κ3) is 2.41. The summed E-state index contributed by atoms with van der Waals surface area (Å²) in [4.78, 5) is 8.53. The largest absolute Gasteiger partial charge is 0.351 e. The van der Waals surface area contributed by atoms with Crippen LogP contribution in [0.15, 0.2) is 36.5 Å². The molecule has 1 heterocycles. The van der Waals surface area contributed by atoms with E-state index in [1.807, 2.05) is 6.07 Å². The predicted molar refractivity (Wildman–Crippen MR) is 64.1 cm³/mol. The second kappa shape index (κ2) is 4.13. The minimum atomic E-state index is -0.252. The van der Waals surface area contributed by atoms with Crippen LogP contribution < -0.4 is 5.32 Å². The molecule has 0 saturated heterocycles. The van der Waals surface area contributed by atoms with Gasteiger partial charge in [0.15, 0.2) is 0 Å². The lowest BCUT2D eigenvalue weighted by Gasteiger charge is -2.05. The van der Waals surface area contributed by atoms with Gasteiger partial charge in [-0.1, -0.05) is 12.1 Å². The van der Waals surface area contributed by atoms with Crippen LogP contribution in [-0.2, 0) is 0 Å². The predicted octanol–water partition coefficient (Wildman–Crippen LogP) is 2.86. The molecule has 1 fully saturated rings. The number of anilines is 1. The number of benzene rings is 1. The second-order valence-electron chi connectivity index (χ2n) is 4.19. The Morgan fingerprint density at radius 3 is 2.88 bits per heavy atom. The SMILES string of the molecule is Fc1cccc(-c2ccnc(NC3CC3)n2)c1. The summed E-state index contributed by atoms with van der Waals surface area (Å²) in [6, 6.07) is 8.72. The molecule has 86 valence electrons. The molecule has 1 aromatic carbocycles. The van der Waals surface area contributed by atoms with Gasteiger partial charge in [-0.3, -0.25) is 0 Å². The van der Waals surface area contributed by atoms with Crippen molar-refractivity contribution >= 4 is 5.95 Å². The van der Waals surface area contributed by atoms with E-state index in [1.165, 1.54) is 25.0 Å². The first kappa shape index (κ1) is 10.2. The molecule has 17 heavy (non-hydrogen) atoms. The van der Waals surface area contributed by atoms with Gasteiger partial charge < -0.3 is 5.32 Å². The Hall–Kier alpha value is -1.97. The van der Waals surface area contributed by atoms with Gasteiger partial charge in [-0.15, -0.1) is 0 Å². The van der Waals surface area contributed by atoms with Crippen molar-refractivity contribution in [3.8, 4) is 11.3 Å². The van der Waals surface area contributed by atoms with Crippen LogP contribution in [0.25, 0.3) is 11.3 Å². The molecule has 2 aromatic rings. The van der Waals surface area contributed by atoms with Crippen LogP contribution in [0.1, 0.15) is 12.8 Å². The van der Waals surface area contributed by atoms with Crippen molar-refractivity contribution in [3.63, 3.8) is 0 Å². The quantitative estimate of drug-likeness (QED) is 0.879. The Balaban J connectivity index is 1.91. The number of nitrogens with one attached hydrogen (secondary N) is 1. The molecule has 0 unspecified atom stereocenters. The summed E-state index contributed by atoms with van der Waals surface area (Å²) >= 11 is 0. The average Bonchev–Trinajstić information content (AvgIpc) is 3.13. The van der Waals surface area contributed by atoms with Gasteiger partial charge >= 0.3 is 0 Å². The Morgan fingerprint density at radius 2 is 2.12 bits per heavy atom. The van der Waals surface area contributed by atoms with Crippen LogP contribution in [0.2, 0.25) is 0 Å². The third-order valence-electron chi connectivity index (χ3n) is 2.69. The van der Waals surface area contributed by atoms with E-state index in [0.717, 1.165) is 11.3 Å². The molecule has 0 amide bonds. The maximum absolute atomic E-state index is 13.1. The molecule has 0 atom stereocenters. The van der Waals surface area contributed by atoms with Crippen molar-refractivity contribution in [2.24, 2.45) is 0 Å². The van der Waals surface area contributed by atoms with Crippen molar-refractivity contribution in [3.05, 3.63) is 42.3 Å². The summed E-state index contributed by atoms with van der Waals surface area (Å²) in [6.07, 6.45) is 4.04. The molecule has 0 spiro atoms. The lowest BCUT2D eigenvalue weighted by molar-refractivity contribution is 0.628. The van der Waals surface area contributed by atoms with Crippen molar-refractivity contribution < 1.29 is 4.39 Å². The molecule has 1 aliphatic carbocycles. The van der Waals surface area contributed by atoms with Crippen LogP contribution in [-0.4, -0.2) is 16.0 Å². The van der Waals surface area contributed by atoms with Gasteiger partial charge in [0, 0.05) is 17.8 Å². The molecule has 3 rings (SSSR count). The lowest BCUT2D eigenvalue weighted by atomic mass is 10.1. The van der Waals surface area contributed by atoms with Gasteiger partial charge in [0.1, 0.15) is 5.82 Å². The molecule has 0 bridgehead atoms. The first-order chi connectivity index (χ1) is 8.31. The van der Waals surface area contributed by atoms with E-state index in [4.69, 9.17) is 0 Å². The summed E-state index contributed by atoms with van der Waals surface area (Å²) < 4.78 is 13.1. The number of hydrogen-bond donors (Lipinski definition) is 1. The lowest BCUT2D eigenvalue weighted by Crippen LogP contribution is -2.05.